The van der Waals surface area contributed by atoms with Crippen molar-refractivity contribution in [1.82, 2.24) is 25.1 Å². The summed E-state index contributed by atoms with van der Waals surface area (Å²) in [5.41, 5.74) is 4.48. The molecule has 0 aliphatic carbocycles. The Morgan fingerprint density at radius 2 is 2.10 bits per heavy atom. The molecule has 1 aromatic carbocycles. The number of nitrogens with zero attached hydrogens (tertiary/aromatic N) is 3. The van der Waals surface area contributed by atoms with E-state index in [4.69, 9.17) is 0 Å². The van der Waals surface area contributed by atoms with Crippen molar-refractivity contribution < 1.29 is 0 Å². The number of aromatic amines is 1. The second-order valence-electron chi connectivity index (χ2n) is 4.66. The molecule has 5 nitrogen and oxygen atoms in total. The van der Waals surface area contributed by atoms with Crippen LogP contribution in [0, 0.1) is 6.92 Å². The van der Waals surface area contributed by atoms with Gasteiger partial charge in [0, 0.05) is 31.2 Å². The number of nitrogens with one attached hydrogen (secondary N) is 2. The summed E-state index contributed by atoms with van der Waals surface area (Å²) < 4.78 is 1.89. The zero-order valence-corrected chi connectivity index (χ0v) is 11.4. The molecule has 2 N–H and O–H groups in total. The van der Waals surface area contributed by atoms with Gasteiger partial charge in [0.05, 0.1) is 17.7 Å². The fourth-order valence-corrected chi connectivity index (χ4v) is 2.18. The number of rotatable bonds is 5. The molecule has 2 heterocycles. The zero-order chi connectivity index (χ0) is 13.8. The molecule has 5 heteroatoms. The Morgan fingerprint density at radius 1 is 1.20 bits per heavy atom. The van der Waals surface area contributed by atoms with Crippen LogP contribution >= 0.6 is 0 Å². The van der Waals surface area contributed by atoms with Gasteiger partial charge in [-0.25, -0.2) is 9.67 Å². The Morgan fingerprint density at radius 3 is 2.85 bits per heavy atom. The average Bonchev–Trinajstić information content (AvgIpc) is 3.12. The van der Waals surface area contributed by atoms with Gasteiger partial charge in [0.2, 0.25) is 0 Å². The van der Waals surface area contributed by atoms with Crippen molar-refractivity contribution in [3.63, 3.8) is 0 Å². The van der Waals surface area contributed by atoms with E-state index in [0.717, 1.165) is 30.2 Å². The van der Waals surface area contributed by atoms with E-state index in [9.17, 15) is 0 Å². The molecule has 0 unspecified atom stereocenters. The predicted molar refractivity (Wildman–Crippen MR) is 77.4 cm³/mol. The van der Waals surface area contributed by atoms with E-state index in [1.54, 1.807) is 12.5 Å². The summed E-state index contributed by atoms with van der Waals surface area (Å²) in [5, 5.41) is 7.71. The first-order chi connectivity index (χ1) is 9.84. The summed E-state index contributed by atoms with van der Waals surface area (Å²) in [4.78, 5) is 7.37. The van der Waals surface area contributed by atoms with Gasteiger partial charge in [0.15, 0.2) is 0 Å². The van der Waals surface area contributed by atoms with Gasteiger partial charge in [0.1, 0.15) is 0 Å². The van der Waals surface area contributed by atoms with E-state index in [-0.39, 0.29) is 0 Å². The van der Waals surface area contributed by atoms with Crippen LogP contribution in [0.1, 0.15) is 17.0 Å². The maximum Gasteiger partial charge on any atom is 0.0925 e. The molecule has 0 aliphatic heterocycles. The van der Waals surface area contributed by atoms with Crippen molar-refractivity contribution in [2.75, 3.05) is 0 Å². The van der Waals surface area contributed by atoms with Crippen molar-refractivity contribution in [3.8, 4) is 5.69 Å². The van der Waals surface area contributed by atoms with Crippen LogP contribution in [0.2, 0.25) is 0 Å². The van der Waals surface area contributed by atoms with Crippen LogP contribution < -0.4 is 5.32 Å². The minimum atomic E-state index is 0.753. The number of hydrogen-bond donors (Lipinski definition) is 2. The summed E-state index contributed by atoms with van der Waals surface area (Å²) in [5.74, 6) is 0. The van der Waals surface area contributed by atoms with E-state index in [0.29, 0.717) is 0 Å². The molecule has 0 fully saturated rings. The van der Waals surface area contributed by atoms with Crippen LogP contribution in [0.25, 0.3) is 5.69 Å². The fourth-order valence-electron chi connectivity index (χ4n) is 2.18. The first kappa shape index (κ1) is 12.6. The number of aryl methyl sites for hydroxylation is 1. The molecule has 0 saturated heterocycles. The number of hydrogen-bond acceptors (Lipinski definition) is 3. The number of para-hydroxylation sites is 1. The number of imidazole rings is 1. The van der Waals surface area contributed by atoms with Gasteiger partial charge in [-0.2, -0.15) is 5.10 Å². The Bertz CT molecular complexity index is 669. The van der Waals surface area contributed by atoms with Gasteiger partial charge >= 0.3 is 0 Å². The van der Waals surface area contributed by atoms with Crippen LogP contribution in [-0.4, -0.2) is 19.7 Å². The Balaban J connectivity index is 1.70. The molecule has 0 aliphatic rings. The van der Waals surface area contributed by atoms with E-state index in [1.165, 1.54) is 5.56 Å². The van der Waals surface area contributed by atoms with Crippen LogP contribution in [0.5, 0.6) is 0 Å². The van der Waals surface area contributed by atoms with Gasteiger partial charge in [0.25, 0.3) is 0 Å². The van der Waals surface area contributed by atoms with E-state index in [1.807, 2.05) is 36.0 Å². The van der Waals surface area contributed by atoms with Crippen LogP contribution in [0.4, 0.5) is 0 Å². The average molecular weight is 267 g/mol. The molecule has 20 heavy (non-hydrogen) atoms. The minimum Gasteiger partial charge on any atom is -0.348 e. The molecule has 0 spiro atoms. The van der Waals surface area contributed by atoms with Crippen molar-refractivity contribution in [2.24, 2.45) is 0 Å². The second-order valence-corrected chi connectivity index (χ2v) is 4.66. The Hall–Kier alpha value is -2.40. The van der Waals surface area contributed by atoms with Crippen LogP contribution in [0.15, 0.2) is 49.1 Å². The quantitative estimate of drug-likeness (QED) is 0.745. The lowest BCUT2D eigenvalue weighted by Crippen LogP contribution is -2.15. The lowest BCUT2D eigenvalue weighted by Gasteiger charge is -2.10. The van der Waals surface area contributed by atoms with Gasteiger partial charge in [-0.15, -0.1) is 0 Å². The van der Waals surface area contributed by atoms with E-state index in [2.05, 4.69) is 32.5 Å². The number of H-pyrrole nitrogens is 1. The zero-order valence-electron chi connectivity index (χ0n) is 11.4. The summed E-state index contributed by atoms with van der Waals surface area (Å²) in [6, 6.07) is 10.2. The van der Waals surface area contributed by atoms with E-state index >= 15 is 0 Å². The fraction of sp³-hybridized carbons (Fsp3) is 0.200. The van der Waals surface area contributed by atoms with Gasteiger partial charge in [-0.05, 0) is 24.6 Å². The largest absolute Gasteiger partial charge is 0.348 e. The molecular formula is C15H17N5. The van der Waals surface area contributed by atoms with Crippen molar-refractivity contribution in [3.05, 3.63) is 66.0 Å². The molecule has 3 rings (SSSR count). The van der Waals surface area contributed by atoms with Crippen molar-refractivity contribution >= 4 is 0 Å². The summed E-state index contributed by atoms with van der Waals surface area (Å²) in [7, 11) is 0. The highest BCUT2D eigenvalue weighted by Crippen LogP contribution is 2.13. The third kappa shape index (κ3) is 2.62. The Kier molecular flexibility index (Phi) is 3.60. The smallest absolute Gasteiger partial charge is 0.0925 e. The topological polar surface area (TPSA) is 58.5 Å². The molecule has 2 aromatic heterocycles. The predicted octanol–water partition coefficient (Wildman–Crippen LogP) is 2.19. The maximum atomic E-state index is 4.29. The first-order valence-corrected chi connectivity index (χ1v) is 6.62. The first-order valence-electron chi connectivity index (χ1n) is 6.62. The Labute approximate surface area is 117 Å². The lowest BCUT2D eigenvalue weighted by atomic mass is 10.1. The third-order valence-electron chi connectivity index (χ3n) is 3.29. The molecule has 102 valence electrons. The summed E-state index contributed by atoms with van der Waals surface area (Å²) in [6.07, 6.45) is 5.47. The van der Waals surface area contributed by atoms with Gasteiger partial charge in [-0.1, -0.05) is 18.2 Å². The number of aromatic nitrogens is 4. The molecule has 3 aromatic rings. The molecule has 0 radical (unpaired) electrons. The van der Waals surface area contributed by atoms with Crippen molar-refractivity contribution in [2.45, 2.75) is 20.0 Å². The molecule has 0 bridgehead atoms. The molecule has 0 amide bonds. The molecule has 0 saturated carbocycles. The van der Waals surface area contributed by atoms with Crippen LogP contribution in [0.3, 0.4) is 0 Å². The highest BCUT2D eigenvalue weighted by Gasteiger charge is 2.05. The highest BCUT2D eigenvalue weighted by molar-refractivity contribution is 5.40. The third-order valence-corrected chi connectivity index (χ3v) is 3.29. The highest BCUT2D eigenvalue weighted by atomic mass is 15.3. The summed E-state index contributed by atoms with van der Waals surface area (Å²) >= 11 is 0. The monoisotopic (exact) mass is 267 g/mol. The van der Waals surface area contributed by atoms with Gasteiger partial charge in [-0.3, -0.25) is 0 Å². The number of benzene rings is 1. The second kappa shape index (κ2) is 5.71. The van der Waals surface area contributed by atoms with Crippen molar-refractivity contribution in [1.29, 1.82) is 0 Å². The SMILES string of the molecule is Cc1[nH]cnc1CNCc1ccccc1-n1cccn1. The normalized spacial score (nSPS) is 10.8. The minimum absolute atomic E-state index is 0.753. The molecular weight excluding hydrogens is 250 g/mol. The molecule has 0 atom stereocenters. The van der Waals surface area contributed by atoms with Crippen LogP contribution in [-0.2, 0) is 13.1 Å². The lowest BCUT2D eigenvalue weighted by molar-refractivity contribution is 0.673. The van der Waals surface area contributed by atoms with E-state index < -0.39 is 0 Å². The standard InChI is InChI=1S/C15H17N5/c1-12-14(18-11-17-12)10-16-9-13-5-2-3-6-15(13)20-8-4-7-19-20/h2-8,11,16H,9-10H2,1H3,(H,17,18). The summed E-state index contributed by atoms with van der Waals surface area (Å²) in [6.45, 7) is 3.56. The van der Waals surface area contributed by atoms with Gasteiger partial charge < -0.3 is 10.3 Å². The maximum absolute atomic E-state index is 4.29.